The average Bonchev–Trinajstić information content (AvgIpc) is 2.32. The fourth-order valence-electron chi connectivity index (χ4n) is 1.45. The molecule has 1 unspecified atom stereocenters. The summed E-state index contributed by atoms with van der Waals surface area (Å²) in [6, 6.07) is 1.48. The molecule has 0 aliphatic heterocycles. The second-order valence-electron chi connectivity index (χ2n) is 3.95. The van der Waals surface area contributed by atoms with Crippen molar-refractivity contribution in [3.8, 4) is 0 Å². The van der Waals surface area contributed by atoms with E-state index in [0.29, 0.717) is 0 Å². The Balaban J connectivity index is 2.78. The van der Waals surface area contributed by atoms with E-state index in [-0.39, 0.29) is 11.1 Å². The van der Waals surface area contributed by atoms with E-state index in [1.165, 1.54) is 19.1 Å². The smallest absolute Gasteiger partial charge is 0.370 e. The highest BCUT2D eigenvalue weighted by Gasteiger charge is 2.28. The van der Waals surface area contributed by atoms with Crippen LogP contribution in [0.1, 0.15) is 17.2 Å². The lowest BCUT2D eigenvalue weighted by molar-refractivity contribution is -0.175. The van der Waals surface area contributed by atoms with Gasteiger partial charge in [0, 0.05) is 5.56 Å². The minimum Gasteiger partial charge on any atom is -0.370 e. The van der Waals surface area contributed by atoms with Gasteiger partial charge in [0.15, 0.2) is 11.6 Å². The van der Waals surface area contributed by atoms with Crippen LogP contribution >= 0.6 is 0 Å². The highest BCUT2D eigenvalue weighted by molar-refractivity contribution is 5.27. The van der Waals surface area contributed by atoms with Crippen LogP contribution in [0.15, 0.2) is 12.1 Å². The van der Waals surface area contributed by atoms with Gasteiger partial charge in [-0.3, -0.25) is 11.3 Å². The van der Waals surface area contributed by atoms with Gasteiger partial charge in [-0.05, 0) is 12.5 Å². The van der Waals surface area contributed by atoms with Crippen LogP contribution < -0.4 is 11.3 Å². The summed E-state index contributed by atoms with van der Waals surface area (Å²) in [5.74, 6) is 2.90. The van der Waals surface area contributed by atoms with Gasteiger partial charge < -0.3 is 4.74 Å². The molecular weight excluding hydrogens is 271 g/mol. The SMILES string of the molecule is Cc1ccc(C(COCC(F)(F)F)NN)c(F)c1F. The number of hydrazine groups is 1. The van der Waals surface area contributed by atoms with E-state index >= 15 is 0 Å². The lowest BCUT2D eigenvalue weighted by atomic mass is 10.0. The van der Waals surface area contributed by atoms with Gasteiger partial charge in [-0.15, -0.1) is 0 Å². The number of hydrogen-bond donors (Lipinski definition) is 2. The standard InChI is InChI=1S/C11H13F5N2O/c1-6-2-3-7(10(13)9(6)12)8(18-17)4-19-5-11(14,15)16/h2-3,8,18H,4-5,17H2,1H3. The van der Waals surface area contributed by atoms with E-state index < -0.39 is 37.1 Å². The van der Waals surface area contributed by atoms with Crippen LogP contribution in [0, 0.1) is 18.6 Å². The Hall–Kier alpha value is -1.25. The Morgan fingerprint density at radius 2 is 1.89 bits per heavy atom. The van der Waals surface area contributed by atoms with Crippen LogP contribution in [-0.2, 0) is 4.74 Å². The van der Waals surface area contributed by atoms with Gasteiger partial charge in [-0.2, -0.15) is 13.2 Å². The van der Waals surface area contributed by atoms with Gasteiger partial charge in [0.1, 0.15) is 6.61 Å². The predicted molar refractivity (Wildman–Crippen MR) is 58.0 cm³/mol. The summed E-state index contributed by atoms with van der Waals surface area (Å²) in [5.41, 5.74) is 2.00. The summed E-state index contributed by atoms with van der Waals surface area (Å²) in [7, 11) is 0. The molecule has 0 aromatic heterocycles. The number of halogens is 5. The summed E-state index contributed by atoms with van der Waals surface area (Å²) >= 11 is 0. The lowest BCUT2D eigenvalue weighted by Crippen LogP contribution is -2.33. The molecule has 0 aliphatic carbocycles. The van der Waals surface area contributed by atoms with Crippen molar-refractivity contribution in [2.75, 3.05) is 13.2 Å². The van der Waals surface area contributed by atoms with Crippen molar-refractivity contribution < 1.29 is 26.7 Å². The van der Waals surface area contributed by atoms with Crippen LogP contribution in [0.25, 0.3) is 0 Å². The van der Waals surface area contributed by atoms with E-state index in [9.17, 15) is 22.0 Å². The molecule has 0 radical (unpaired) electrons. The highest BCUT2D eigenvalue weighted by atomic mass is 19.4. The minimum atomic E-state index is -4.49. The Labute approximate surface area is 106 Å². The zero-order chi connectivity index (χ0) is 14.6. The molecule has 1 atom stereocenters. The van der Waals surface area contributed by atoms with Crippen LogP contribution in [0.4, 0.5) is 22.0 Å². The summed E-state index contributed by atoms with van der Waals surface area (Å²) < 4.78 is 67.0. The normalized spacial score (nSPS) is 13.6. The number of benzene rings is 1. The molecule has 1 rings (SSSR count). The monoisotopic (exact) mass is 284 g/mol. The summed E-state index contributed by atoms with van der Waals surface area (Å²) in [4.78, 5) is 0. The molecule has 0 bridgehead atoms. The molecule has 19 heavy (non-hydrogen) atoms. The van der Waals surface area contributed by atoms with Crippen LogP contribution in [0.2, 0.25) is 0 Å². The molecule has 3 nitrogen and oxygen atoms in total. The molecular formula is C11H13F5N2O. The molecule has 0 aliphatic rings. The number of aryl methyl sites for hydroxylation is 1. The van der Waals surface area contributed by atoms with Crippen LogP contribution in [0.3, 0.4) is 0 Å². The van der Waals surface area contributed by atoms with E-state index in [0.717, 1.165) is 0 Å². The van der Waals surface area contributed by atoms with Crippen LogP contribution in [0.5, 0.6) is 0 Å². The topological polar surface area (TPSA) is 47.3 Å². The highest BCUT2D eigenvalue weighted by Crippen LogP contribution is 2.22. The molecule has 0 amide bonds. The molecule has 1 aromatic rings. The second-order valence-corrected chi connectivity index (χ2v) is 3.95. The molecule has 0 fully saturated rings. The molecule has 1 aromatic carbocycles. The summed E-state index contributed by atoms with van der Waals surface area (Å²) in [5, 5.41) is 0. The maximum Gasteiger partial charge on any atom is 0.411 e. The zero-order valence-electron chi connectivity index (χ0n) is 10.0. The van der Waals surface area contributed by atoms with Crippen LogP contribution in [-0.4, -0.2) is 19.4 Å². The van der Waals surface area contributed by atoms with E-state index in [2.05, 4.69) is 10.2 Å². The van der Waals surface area contributed by atoms with Crippen molar-refractivity contribution in [2.45, 2.75) is 19.1 Å². The quantitative estimate of drug-likeness (QED) is 0.496. The first-order chi connectivity index (χ1) is 8.76. The van der Waals surface area contributed by atoms with Crippen molar-refractivity contribution in [1.29, 1.82) is 0 Å². The number of hydrogen-bond acceptors (Lipinski definition) is 3. The van der Waals surface area contributed by atoms with Crippen molar-refractivity contribution in [3.63, 3.8) is 0 Å². The molecule has 0 saturated carbocycles. The van der Waals surface area contributed by atoms with Crippen molar-refractivity contribution in [3.05, 3.63) is 34.9 Å². The Morgan fingerprint density at radius 1 is 1.26 bits per heavy atom. The number of nitrogens with two attached hydrogens (primary N) is 1. The Morgan fingerprint density at radius 3 is 2.42 bits per heavy atom. The molecule has 0 heterocycles. The number of alkyl halides is 3. The maximum absolute atomic E-state index is 13.6. The Bertz CT molecular complexity index is 436. The molecule has 8 heteroatoms. The lowest BCUT2D eigenvalue weighted by Gasteiger charge is -2.18. The maximum atomic E-state index is 13.6. The van der Waals surface area contributed by atoms with Gasteiger partial charge in [0.05, 0.1) is 12.6 Å². The van der Waals surface area contributed by atoms with Gasteiger partial charge >= 0.3 is 6.18 Å². The first kappa shape index (κ1) is 15.8. The number of ether oxygens (including phenoxy) is 1. The van der Waals surface area contributed by atoms with Gasteiger partial charge in [-0.1, -0.05) is 12.1 Å². The van der Waals surface area contributed by atoms with Crippen molar-refractivity contribution in [2.24, 2.45) is 5.84 Å². The van der Waals surface area contributed by atoms with Gasteiger partial charge in [0.2, 0.25) is 0 Å². The molecule has 3 N–H and O–H groups in total. The fourth-order valence-corrected chi connectivity index (χ4v) is 1.45. The van der Waals surface area contributed by atoms with E-state index in [1.807, 2.05) is 0 Å². The van der Waals surface area contributed by atoms with E-state index in [1.54, 1.807) is 0 Å². The zero-order valence-corrected chi connectivity index (χ0v) is 10.0. The van der Waals surface area contributed by atoms with Crippen molar-refractivity contribution in [1.82, 2.24) is 5.43 Å². The third kappa shape index (κ3) is 4.41. The number of nitrogens with one attached hydrogen (secondary N) is 1. The van der Waals surface area contributed by atoms with Crippen molar-refractivity contribution >= 4 is 0 Å². The average molecular weight is 284 g/mol. The third-order valence-electron chi connectivity index (χ3n) is 2.43. The first-order valence-corrected chi connectivity index (χ1v) is 5.31. The summed E-state index contributed by atoms with van der Waals surface area (Å²) in [6.45, 7) is -0.649. The third-order valence-corrected chi connectivity index (χ3v) is 2.43. The largest absolute Gasteiger partial charge is 0.411 e. The number of rotatable bonds is 5. The first-order valence-electron chi connectivity index (χ1n) is 5.31. The van der Waals surface area contributed by atoms with Gasteiger partial charge in [0.25, 0.3) is 0 Å². The summed E-state index contributed by atoms with van der Waals surface area (Å²) in [6.07, 6.45) is -4.49. The molecule has 108 valence electrons. The fraction of sp³-hybridized carbons (Fsp3) is 0.455. The van der Waals surface area contributed by atoms with E-state index in [4.69, 9.17) is 5.84 Å². The second kappa shape index (κ2) is 6.27. The Kier molecular flexibility index (Phi) is 5.21. The predicted octanol–water partition coefficient (Wildman–Crippen LogP) is 2.36. The molecule has 0 spiro atoms. The molecule has 0 saturated heterocycles. The minimum absolute atomic E-state index is 0.0910. The van der Waals surface area contributed by atoms with Gasteiger partial charge in [-0.25, -0.2) is 8.78 Å².